The summed E-state index contributed by atoms with van der Waals surface area (Å²) in [5.41, 5.74) is 2.36. The lowest BCUT2D eigenvalue weighted by Gasteiger charge is -2.34. The van der Waals surface area contributed by atoms with Crippen molar-refractivity contribution in [3.63, 3.8) is 0 Å². The van der Waals surface area contributed by atoms with Crippen molar-refractivity contribution in [2.24, 2.45) is 7.05 Å². The summed E-state index contributed by atoms with van der Waals surface area (Å²) in [7, 11) is 2.03. The smallest absolute Gasteiger partial charge is 0.289 e. The van der Waals surface area contributed by atoms with Crippen LogP contribution in [0.1, 0.15) is 16.4 Å². The lowest BCUT2D eigenvalue weighted by atomic mass is 10.2. The van der Waals surface area contributed by atoms with Gasteiger partial charge < -0.3 is 13.9 Å². The van der Waals surface area contributed by atoms with E-state index in [9.17, 15) is 9.59 Å². The molecule has 0 bridgehead atoms. The summed E-state index contributed by atoms with van der Waals surface area (Å²) in [5, 5.41) is 0.487. The highest BCUT2D eigenvalue weighted by Gasteiger charge is 2.25. The van der Waals surface area contributed by atoms with Gasteiger partial charge in [0.25, 0.3) is 5.91 Å². The fourth-order valence-electron chi connectivity index (χ4n) is 4.01. The van der Waals surface area contributed by atoms with Gasteiger partial charge in [-0.15, -0.1) is 0 Å². The predicted molar refractivity (Wildman–Crippen MR) is 114 cm³/mol. The van der Waals surface area contributed by atoms with Gasteiger partial charge in [0.05, 0.1) is 23.0 Å². The molecule has 7 nitrogen and oxygen atoms in total. The number of amides is 1. The largest absolute Gasteiger partial charge is 0.451 e. The van der Waals surface area contributed by atoms with E-state index < -0.39 is 0 Å². The molecule has 4 aromatic rings. The standard InChI is InChI=1S/C23H22N4O3/c1-25-18-8-4-3-7-17(18)24-22(25)15-26-10-12-27(13-11-26)23(29)21-14-19(28)16-6-2-5-9-20(16)30-21/h2-9,14H,10-13,15H2,1H3. The maximum absolute atomic E-state index is 12.9. The van der Waals surface area contributed by atoms with Crippen LogP contribution in [0.15, 0.2) is 63.8 Å². The van der Waals surface area contributed by atoms with E-state index in [1.807, 2.05) is 25.2 Å². The quantitative estimate of drug-likeness (QED) is 0.527. The molecule has 2 aromatic carbocycles. The number of hydrogen-bond donors (Lipinski definition) is 0. The zero-order chi connectivity index (χ0) is 20.7. The van der Waals surface area contributed by atoms with E-state index in [0.717, 1.165) is 36.5 Å². The Kier molecular flexibility index (Phi) is 4.59. The Hall–Kier alpha value is -3.45. The third-order valence-corrected chi connectivity index (χ3v) is 5.75. The molecule has 7 heteroatoms. The zero-order valence-electron chi connectivity index (χ0n) is 16.7. The van der Waals surface area contributed by atoms with Crippen molar-refractivity contribution in [2.45, 2.75) is 6.54 Å². The molecule has 1 amide bonds. The fourth-order valence-corrected chi connectivity index (χ4v) is 4.01. The molecule has 0 N–H and O–H groups in total. The van der Waals surface area contributed by atoms with Crippen molar-refractivity contribution in [1.82, 2.24) is 19.4 Å². The number of carbonyl (C=O) groups is 1. The average molecular weight is 402 g/mol. The van der Waals surface area contributed by atoms with Crippen LogP contribution in [0.2, 0.25) is 0 Å². The second-order valence-electron chi connectivity index (χ2n) is 7.62. The van der Waals surface area contributed by atoms with Crippen molar-refractivity contribution >= 4 is 27.9 Å². The van der Waals surface area contributed by atoms with Crippen LogP contribution < -0.4 is 5.43 Å². The van der Waals surface area contributed by atoms with Gasteiger partial charge in [-0.3, -0.25) is 14.5 Å². The van der Waals surface area contributed by atoms with Crippen molar-refractivity contribution in [2.75, 3.05) is 26.2 Å². The molecule has 0 saturated carbocycles. The van der Waals surface area contributed by atoms with Crippen LogP contribution in [-0.2, 0) is 13.6 Å². The van der Waals surface area contributed by atoms with E-state index in [2.05, 4.69) is 15.5 Å². The first kappa shape index (κ1) is 18.6. The Bertz CT molecular complexity index is 1300. The summed E-state index contributed by atoms with van der Waals surface area (Å²) in [5.74, 6) is 0.874. The van der Waals surface area contributed by atoms with Gasteiger partial charge >= 0.3 is 0 Å². The summed E-state index contributed by atoms with van der Waals surface area (Å²) < 4.78 is 7.83. The summed E-state index contributed by atoms with van der Waals surface area (Å²) in [6.07, 6.45) is 0. The van der Waals surface area contributed by atoms with Crippen molar-refractivity contribution in [3.05, 3.63) is 76.4 Å². The number of para-hydroxylation sites is 3. The van der Waals surface area contributed by atoms with Crippen molar-refractivity contribution < 1.29 is 9.21 Å². The van der Waals surface area contributed by atoms with Crippen LogP contribution in [0.5, 0.6) is 0 Å². The highest BCUT2D eigenvalue weighted by atomic mass is 16.3. The van der Waals surface area contributed by atoms with Crippen LogP contribution in [0, 0.1) is 0 Å². The molecule has 1 aliphatic rings. The van der Waals surface area contributed by atoms with E-state index in [1.54, 1.807) is 29.2 Å². The molecule has 2 aromatic heterocycles. The van der Waals surface area contributed by atoms with E-state index >= 15 is 0 Å². The number of fused-ring (bicyclic) bond motifs is 2. The molecule has 1 saturated heterocycles. The Morgan fingerprint density at radius 2 is 1.77 bits per heavy atom. The summed E-state index contributed by atoms with van der Waals surface area (Å²) in [6, 6.07) is 16.4. The van der Waals surface area contributed by atoms with E-state index in [0.29, 0.717) is 24.1 Å². The highest BCUT2D eigenvalue weighted by Crippen LogP contribution is 2.18. The number of benzene rings is 2. The molecule has 0 spiro atoms. The molecule has 152 valence electrons. The monoisotopic (exact) mass is 402 g/mol. The summed E-state index contributed by atoms with van der Waals surface area (Å²) in [4.78, 5) is 34.0. The molecular weight excluding hydrogens is 380 g/mol. The van der Waals surface area contributed by atoms with Crippen LogP contribution in [-0.4, -0.2) is 51.4 Å². The Morgan fingerprint density at radius 1 is 1.03 bits per heavy atom. The summed E-state index contributed by atoms with van der Waals surface area (Å²) >= 11 is 0. The summed E-state index contributed by atoms with van der Waals surface area (Å²) in [6.45, 7) is 3.39. The minimum Gasteiger partial charge on any atom is -0.451 e. The molecule has 3 heterocycles. The van der Waals surface area contributed by atoms with Gasteiger partial charge in [0.1, 0.15) is 11.4 Å². The first-order valence-electron chi connectivity index (χ1n) is 10.0. The second kappa shape index (κ2) is 7.42. The number of piperazine rings is 1. The zero-order valence-corrected chi connectivity index (χ0v) is 16.7. The molecule has 1 aliphatic heterocycles. The van der Waals surface area contributed by atoms with Crippen LogP contribution >= 0.6 is 0 Å². The number of hydrogen-bond acceptors (Lipinski definition) is 5. The number of imidazole rings is 1. The van der Waals surface area contributed by atoms with Gasteiger partial charge in [-0.25, -0.2) is 4.98 Å². The van der Waals surface area contributed by atoms with E-state index in [1.165, 1.54) is 6.07 Å². The van der Waals surface area contributed by atoms with Crippen LogP contribution in [0.3, 0.4) is 0 Å². The molecular formula is C23H22N4O3. The van der Waals surface area contributed by atoms with Gasteiger partial charge in [-0.05, 0) is 24.3 Å². The van der Waals surface area contributed by atoms with Gasteiger partial charge in [-0.2, -0.15) is 0 Å². The topological polar surface area (TPSA) is 71.6 Å². The predicted octanol–water partition coefficient (Wildman–Crippen LogP) is 2.64. The molecule has 0 unspecified atom stereocenters. The van der Waals surface area contributed by atoms with E-state index in [-0.39, 0.29) is 17.1 Å². The maximum atomic E-state index is 12.9. The van der Waals surface area contributed by atoms with E-state index in [4.69, 9.17) is 9.40 Å². The SMILES string of the molecule is Cn1c(CN2CCN(C(=O)c3cc(=O)c4ccccc4o3)CC2)nc2ccccc21. The van der Waals surface area contributed by atoms with Gasteiger partial charge in [0.2, 0.25) is 0 Å². The maximum Gasteiger partial charge on any atom is 0.289 e. The number of rotatable bonds is 3. The molecule has 0 radical (unpaired) electrons. The number of aryl methyl sites for hydroxylation is 1. The number of aromatic nitrogens is 2. The lowest BCUT2D eigenvalue weighted by Crippen LogP contribution is -2.48. The molecule has 30 heavy (non-hydrogen) atoms. The third-order valence-electron chi connectivity index (χ3n) is 5.75. The lowest BCUT2D eigenvalue weighted by molar-refractivity contribution is 0.0594. The first-order valence-corrected chi connectivity index (χ1v) is 10.0. The highest BCUT2D eigenvalue weighted by molar-refractivity contribution is 5.93. The fraction of sp³-hybridized carbons (Fsp3) is 0.261. The van der Waals surface area contributed by atoms with Gasteiger partial charge in [0, 0.05) is 39.3 Å². The Morgan fingerprint density at radius 3 is 2.57 bits per heavy atom. The number of carbonyl (C=O) groups excluding carboxylic acids is 1. The van der Waals surface area contributed by atoms with Gasteiger partial charge in [-0.1, -0.05) is 24.3 Å². The minimum atomic E-state index is -0.236. The Labute approximate surface area is 173 Å². The molecule has 0 atom stereocenters. The van der Waals surface area contributed by atoms with Crippen LogP contribution in [0.4, 0.5) is 0 Å². The molecule has 0 aliphatic carbocycles. The van der Waals surface area contributed by atoms with Gasteiger partial charge in [0.15, 0.2) is 11.2 Å². The molecule has 1 fully saturated rings. The molecule has 5 rings (SSSR count). The average Bonchev–Trinajstić information content (AvgIpc) is 3.09. The number of nitrogens with zero attached hydrogens (tertiary/aromatic N) is 4. The van der Waals surface area contributed by atoms with Crippen molar-refractivity contribution in [3.8, 4) is 0 Å². The third kappa shape index (κ3) is 3.27. The van der Waals surface area contributed by atoms with Crippen molar-refractivity contribution in [1.29, 1.82) is 0 Å². The first-order chi connectivity index (χ1) is 14.6. The normalized spacial score (nSPS) is 15.2. The Balaban J connectivity index is 1.28. The minimum absolute atomic E-state index is 0.0995. The second-order valence-corrected chi connectivity index (χ2v) is 7.62. The van der Waals surface area contributed by atoms with Crippen LogP contribution in [0.25, 0.3) is 22.0 Å².